The van der Waals surface area contributed by atoms with E-state index in [4.69, 9.17) is 4.74 Å². The Balaban J connectivity index is 2.84. The van der Waals surface area contributed by atoms with E-state index in [1.807, 2.05) is 0 Å². The first-order valence-corrected chi connectivity index (χ1v) is 5.64. The van der Waals surface area contributed by atoms with Crippen LogP contribution in [-0.4, -0.2) is 13.2 Å². The Morgan fingerprint density at radius 1 is 1.00 bits per heavy atom. The van der Waals surface area contributed by atoms with Crippen LogP contribution in [-0.2, 0) is 4.74 Å². The van der Waals surface area contributed by atoms with Gasteiger partial charge in [0.05, 0.1) is 0 Å². The van der Waals surface area contributed by atoms with E-state index in [0.717, 1.165) is 25.6 Å². The molecule has 0 bridgehead atoms. The molecule has 0 heterocycles. The zero-order valence-electron chi connectivity index (χ0n) is 9.35. The second-order valence-electron chi connectivity index (χ2n) is 4.06. The molecule has 0 aliphatic heterocycles. The van der Waals surface area contributed by atoms with Gasteiger partial charge in [-0.3, -0.25) is 0 Å². The molecule has 0 saturated heterocycles. The van der Waals surface area contributed by atoms with E-state index in [9.17, 15) is 0 Å². The van der Waals surface area contributed by atoms with Crippen molar-refractivity contribution in [3.8, 4) is 0 Å². The summed E-state index contributed by atoms with van der Waals surface area (Å²) < 4.78 is 5.51. The van der Waals surface area contributed by atoms with Crippen molar-refractivity contribution >= 4 is 0 Å². The van der Waals surface area contributed by atoms with Crippen molar-refractivity contribution in [3.63, 3.8) is 0 Å². The number of rotatable bonds is 9. The molecule has 0 rings (SSSR count). The highest BCUT2D eigenvalue weighted by atomic mass is 16.5. The van der Waals surface area contributed by atoms with Gasteiger partial charge in [-0.2, -0.15) is 0 Å². The number of ether oxygens (including phenoxy) is 1. The molecule has 79 valence electrons. The second kappa shape index (κ2) is 10.0. The first kappa shape index (κ1) is 13.0. The van der Waals surface area contributed by atoms with Crippen molar-refractivity contribution in [1.29, 1.82) is 0 Å². The molecule has 0 aliphatic carbocycles. The fraction of sp³-hybridized carbons (Fsp3) is 0.917. The van der Waals surface area contributed by atoms with Crippen LogP contribution >= 0.6 is 0 Å². The maximum absolute atomic E-state index is 5.51. The predicted molar refractivity (Wildman–Crippen MR) is 58.7 cm³/mol. The van der Waals surface area contributed by atoms with Gasteiger partial charge in [-0.15, -0.1) is 0 Å². The Hall–Kier alpha value is -0.0400. The summed E-state index contributed by atoms with van der Waals surface area (Å²) in [6.07, 6.45) is 7.29. The molecule has 1 radical (unpaired) electrons. The van der Waals surface area contributed by atoms with Gasteiger partial charge < -0.3 is 4.74 Å². The molecule has 0 aliphatic rings. The molecule has 0 saturated carbocycles. The molecule has 1 nitrogen and oxygen atoms in total. The van der Waals surface area contributed by atoms with Gasteiger partial charge in [0.25, 0.3) is 0 Å². The molecule has 0 fully saturated rings. The van der Waals surface area contributed by atoms with Gasteiger partial charge in [-0.05, 0) is 25.2 Å². The highest BCUT2D eigenvalue weighted by molar-refractivity contribution is 4.46. The molecule has 0 spiro atoms. The van der Waals surface area contributed by atoms with Crippen LogP contribution in [0, 0.1) is 12.8 Å². The van der Waals surface area contributed by atoms with Gasteiger partial charge >= 0.3 is 0 Å². The van der Waals surface area contributed by atoms with Crippen LogP contribution in [0.1, 0.15) is 52.4 Å². The fourth-order valence-electron chi connectivity index (χ4n) is 1.25. The summed E-state index contributed by atoms with van der Waals surface area (Å²) in [5, 5.41) is 0. The molecule has 0 N–H and O–H groups in total. The maximum Gasteiger partial charge on any atom is 0.0466 e. The molecule has 0 atom stereocenters. The molecular formula is C12H25O. The fourth-order valence-corrected chi connectivity index (χ4v) is 1.25. The summed E-state index contributed by atoms with van der Waals surface area (Å²) in [4.78, 5) is 0. The average molecular weight is 185 g/mol. The number of hydrogen-bond acceptors (Lipinski definition) is 1. The van der Waals surface area contributed by atoms with Crippen LogP contribution in [0.4, 0.5) is 0 Å². The third kappa shape index (κ3) is 12.0. The van der Waals surface area contributed by atoms with E-state index >= 15 is 0 Å². The minimum atomic E-state index is 0.815. The molecule has 13 heavy (non-hydrogen) atoms. The second-order valence-corrected chi connectivity index (χ2v) is 4.06. The molecule has 0 unspecified atom stereocenters. The van der Waals surface area contributed by atoms with E-state index in [0.29, 0.717) is 0 Å². The Labute approximate surface area is 83.9 Å². The van der Waals surface area contributed by atoms with Crippen LogP contribution in [0.2, 0.25) is 0 Å². The standard InChI is InChI=1S/C12H25O/c1-4-5-6-7-10-13-11-8-9-12(2)3/h12H,1,4-11H2,2-3H3. The summed E-state index contributed by atoms with van der Waals surface area (Å²) in [6.45, 7) is 10.2. The van der Waals surface area contributed by atoms with Gasteiger partial charge in [0.1, 0.15) is 0 Å². The Morgan fingerprint density at radius 3 is 2.31 bits per heavy atom. The predicted octanol–water partition coefficient (Wildman–Crippen LogP) is 3.83. The lowest BCUT2D eigenvalue weighted by Crippen LogP contribution is -1.98. The number of hydrogen-bond donors (Lipinski definition) is 0. The largest absolute Gasteiger partial charge is 0.381 e. The SMILES string of the molecule is [CH2]CCCCCOCCCC(C)C. The topological polar surface area (TPSA) is 9.23 Å². The molecule has 0 aromatic rings. The van der Waals surface area contributed by atoms with Crippen LogP contribution in [0.3, 0.4) is 0 Å². The normalized spacial score (nSPS) is 11.1. The van der Waals surface area contributed by atoms with Gasteiger partial charge in [0, 0.05) is 13.2 Å². The summed E-state index contributed by atoms with van der Waals surface area (Å²) in [5.74, 6) is 0.815. The average Bonchev–Trinajstić information content (AvgIpc) is 2.09. The molecule has 0 aromatic heterocycles. The molecule has 0 aromatic carbocycles. The summed E-state index contributed by atoms with van der Waals surface area (Å²) >= 11 is 0. The third-order valence-electron chi connectivity index (χ3n) is 2.11. The maximum atomic E-state index is 5.51. The van der Waals surface area contributed by atoms with Crippen molar-refractivity contribution in [2.45, 2.75) is 52.4 Å². The van der Waals surface area contributed by atoms with Crippen LogP contribution < -0.4 is 0 Å². The van der Waals surface area contributed by atoms with Gasteiger partial charge in [-0.1, -0.05) is 40.0 Å². The summed E-state index contributed by atoms with van der Waals surface area (Å²) in [6, 6.07) is 0. The first-order valence-electron chi connectivity index (χ1n) is 5.64. The van der Waals surface area contributed by atoms with E-state index < -0.39 is 0 Å². The van der Waals surface area contributed by atoms with E-state index in [2.05, 4.69) is 20.8 Å². The third-order valence-corrected chi connectivity index (χ3v) is 2.11. The van der Waals surface area contributed by atoms with E-state index in [1.54, 1.807) is 0 Å². The minimum absolute atomic E-state index is 0.815. The first-order chi connectivity index (χ1) is 6.27. The zero-order chi connectivity index (χ0) is 9.94. The Morgan fingerprint density at radius 2 is 1.69 bits per heavy atom. The highest BCUT2D eigenvalue weighted by Gasteiger charge is 1.94. The molecular weight excluding hydrogens is 160 g/mol. The Bertz CT molecular complexity index is 89.1. The smallest absolute Gasteiger partial charge is 0.0466 e. The lowest BCUT2D eigenvalue weighted by Gasteiger charge is -2.05. The van der Waals surface area contributed by atoms with Crippen molar-refractivity contribution in [2.24, 2.45) is 5.92 Å². The Kier molecular flexibility index (Phi) is 10.0. The van der Waals surface area contributed by atoms with E-state index in [1.165, 1.54) is 32.1 Å². The van der Waals surface area contributed by atoms with Gasteiger partial charge in [0.2, 0.25) is 0 Å². The minimum Gasteiger partial charge on any atom is -0.381 e. The number of unbranched alkanes of at least 4 members (excludes halogenated alkanes) is 3. The van der Waals surface area contributed by atoms with Gasteiger partial charge in [-0.25, -0.2) is 0 Å². The zero-order valence-corrected chi connectivity index (χ0v) is 9.35. The van der Waals surface area contributed by atoms with Crippen LogP contribution in [0.5, 0.6) is 0 Å². The summed E-state index contributed by atoms with van der Waals surface area (Å²) in [7, 11) is 0. The molecule has 0 amide bonds. The summed E-state index contributed by atoms with van der Waals surface area (Å²) in [5.41, 5.74) is 0. The van der Waals surface area contributed by atoms with Crippen LogP contribution in [0.15, 0.2) is 0 Å². The van der Waals surface area contributed by atoms with Crippen molar-refractivity contribution in [1.82, 2.24) is 0 Å². The van der Waals surface area contributed by atoms with Crippen LogP contribution in [0.25, 0.3) is 0 Å². The van der Waals surface area contributed by atoms with E-state index in [-0.39, 0.29) is 0 Å². The highest BCUT2D eigenvalue weighted by Crippen LogP contribution is 2.04. The van der Waals surface area contributed by atoms with Crippen molar-refractivity contribution in [2.75, 3.05) is 13.2 Å². The lowest BCUT2D eigenvalue weighted by molar-refractivity contribution is 0.124. The van der Waals surface area contributed by atoms with Crippen molar-refractivity contribution in [3.05, 3.63) is 6.92 Å². The van der Waals surface area contributed by atoms with Crippen molar-refractivity contribution < 1.29 is 4.74 Å². The monoisotopic (exact) mass is 185 g/mol. The quantitative estimate of drug-likeness (QED) is 0.496. The van der Waals surface area contributed by atoms with Gasteiger partial charge in [0.15, 0.2) is 0 Å². The molecule has 1 heteroatoms. The lowest BCUT2D eigenvalue weighted by atomic mass is 10.1.